The van der Waals surface area contributed by atoms with Gasteiger partial charge in [0.05, 0.1) is 0 Å². The molecule has 112 valence electrons. The van der Waals surface area contributed by atoms with Crippen LogP contribution in [0.5, 0.6) is 0 Å². The van der Waals surface area contributed by atoms with Gasteiger partial charge < -0.3 is 14.8 Å². The summed E-state index contributed by atoms with van der Waals surface area (Å²) in [5, 5.41) is 17.4. The number of hydrogen-bond donors (Lipinski definition) is 3. The molecule has 0 rings (SSSR count). The van der Waals surface area contributed by atoms with E-state index in [1.165, 1.54) is 0 Å². The van der Waals surface area contributed by atoms with Gasteiger partial charge in [0.25, 0.3) is 0 Å². The zero-order valence-electron chi connectivity index (χ0n) is 11.2. The van der Waals surface area contributed by atoms with Crippen molar-refractivity contribution in [1.82, 2.24) is 0 Å². The SMILES string of the molecule is O=C(O)C(CCCCCCCCCCSO)C(=O)O. The van der Waals surface area contributed by atoms with Crippen LogP contribution in [0.1, 0.15) is 57.8 Å². The van der Waals surface area contributed by atoms with Crippen molar-refractivity contribution >= 4 is 24.0 Å². The number of aliphatic carboxylic acids is 2. The third-order valence-corrected chi connectivity index (χ3v) is 3.55. The minimum atomic E-state index is -1.25. The van der Waals surface area contributed by atoms with E-state index in [-0.39, 0.29) is 6.42 Å². The Balaban J connectivity index is 3.35. The minimum absolute atomic E-state index is 0.221. The molecule has 0 aromatic carbocycles. The lowest BCUT2D eigenvalue weighted by Gasteiger charge is -2.06. The van der Waals surface area contributed by atoms with E-state index in [2.05, 4.69) is 0 Å². The zero-order chi connectivity index (χ0) is 14.5. The van der Waals surface area contributed by atoms with E-state index >= 15 is 0 Å². The van der Waals surface area contributed by atoms with Crippen molar-refractivity contribution in [3.05, 3.63) is 0 Å². The van der Waals surface area contributed by atoms with E-state index in [0.717, 1.165) is 62.7 Å². The number of rotatable bonds is 13. The molecular weight excluding hydrogens is 268 g/mol. The summed E-state index contributed by atoms with van der Waals surface area (Å²) in [6, 6.07) is 0. The molecule has 0 aliphatic carbocycles. The summed E-state index contributed by atoms with van der Waals surface area (Å²) in [7, 11) is 0. The van der Waals surface area contributed by atoms with E-state index in [9.17, 15) is 9.59 Å². The maximum Gasteiger partial charge on any atom is 0.317 e. The predicted molar refractivity (Wildman–Crippen MR) is 75.4 cm³/mol. The van der Waals surface area contributed by atoms with Gasteiger partial charge in [-0.3, -0.25) is 9.59 Å². The normalized spacial score (nSPS) is 10.8. The Morgan fingerprint density at radius 1 is 0.789 bits per heavy atom. The zero-order valence-corrected chi connectivity index (χ0v) is 12.0. The van der Waals surface area contributed by atoms with E-state index < -0.39 is 17.9 Å². The molecule has 0 spiro atoms. The molecule has 0 atom stereocenters. The van der Waals surface area contributed by atoms with Gasteiger partial charge in [-0.15, -0.1) is 0 Å². The molecule has 19 heavy (non-hydrogen) atoms. The summed E-state index contributed by atoms with van der Waals surface area (Å²) in [6.45, 7) is 0. The highest BCUT2D eigenvalue weighted by atomic mass is 32.2. The Morgan fingerprint density at radius 2 is 1.21 bits per heavy atom. The molecule has 6 heteroatoms. The highest BCUT2D eigenvalue weighted by Crippen LogP contribution is 2.14. The highest BCUT2D eigenvalue weighted by Gasteiger charge is 2.24. The van der Waals surface area contributed by atoms with Gasteiger partial charge in [0.2, 0.25) is 0 Å². The topological polar surface area (TPSA) is 94.8 Å². The molecule has 0 aliphatic heterocycles. The first kappa shape index (κ1) is 18.2. The first-order valence-corrected chi connectivity index (χ1v) is 7.75. The molecule has 0 aromatic heterocycles. The number of carboxylic acids is 2. The molecule has 0 aliphatic rings. The molecule has 0 radical (unpaired) electrons. The Bertz CT molecular complexity index is 243. The molecule has 0 unspecified atom stereocenters. The highest BCUT2D eigenvalue weighted by molar-refractivity contribution is 7.93. The molecule has 0 amide bonds. The lowest BCUT2D eigenvalue weighted by Crippen LogP contribution is -2.23. The fourth-order valence-electron chi connectivity index (χ4n) is 1.93. The van der Waals surface area contributed by atoms with E-state index in [1.807, 2.05) is 0 Å². The standard InChI is InChI=1S/C13H24O5S/c14-12(15)11(13(16)17)9-7-5-3-1-2-4-6-8-10-19-18/h11,18H,1-10H2,(H,14,15)(H,16,17). The van der Waals surface area contributed by atoms with Gasteiger partial charge in [-0.1, -0.05) is 44.9 Å². The van der Waals surface area contributed by atoms with E-state index in [0.29, 0.717) is 6.42 Å². The molecule has 5 nitrogen and oxygen atoms in total. The van der Waals surface area contributed by atoms with Crippen LogP contribution >= 0.6 is 12.0 Å². The fraction of sp³-hybridized carbons (Fsp3) is 0.846. The Kier molecular flexibility index (Phi) is 11.8. The molecule has 0 saturated heterocycles. The van der Waals surface area contributed by atoms with Gasteiger partial charge in [-0.05, 0) is 24.9 Å². The predicted octanol–water partition coefficient (Wildman–Crippen LogP) is 3.49. The number of hydrogen-bond acceptors (Lipinski definition) is 4. The molecule has 0 aromatic rings. The number of carboxylic acid groups (broad SMARTS) is 2. The summed E-state index contributed by atoms with van der Waals surface area (Å²) in [4.78, 5) is 21.3. The summed E-state index contributed by atoms with van der Waals surface area (Å²) in [5.41, 5.74) is 0. The van der Waals surface area contributed by atoms with Crippen molar-refractivity contribution in [2.24, 2.45) is 5.92 Å². The third-order valence-electron chi connectivity index (χ3n) is 3.07. The van der Waals surface area contributed by atoms with Crippen molar-refractivity contribution in [1.29, 1.82) is 0 Å². The monoisotopic (exact) mass is 292 g/mol. The Morgan fingerprint density at radius 3 is 1.63 bits per heavy atom. The van der Waals surface area contributed by atoms with Gasteiger partial charge in [-0.25, -0.2) is 0 Å². The summed E-state index contributed by atoms with van der Waals surface area (Å²) in [6.07, 6.45) is 8.39. The fourth-order valence-corrected chi connectivity index (χ4v) is 2.26. The van der Waals surface area contributed by atoms with Gasteiger partial charge in [-0.2, -0.15) is 0 Å². The molecule has 0 heterocycles. The second kappa shape index (κ2) is 12.3. The maximum absolute atomic E-state index is 10.6. The van der Waals surface area contributed by atoms with Crippen LogP contribution in [0.15, 0.2) is 0 Å². The van der Waals surface area contributed by atoms with Crippen molar-refractivity contribution < 1.29 is 24.4 Å². The van der Waals surface area contributed by atoms with Gasteiger partial charge in [0.1, 0.15) is 0 Å². The van der Waals surface area contributed by atoms with Crippen molar-refractivity contribution in [3.63, 3.8) is 0 Å². The largest absolute Gasteiger partial charge is 0.481 e. The van der Waals surface area contributed by atoms with Crippen LogP contribution < -0.4 is 0 Å². The molecule has 0 bridgehead atoms. The summed E-state index contributed by atoms with van der Waals surface area (Å²) < 4.78 is 8.52. The molecule has 3 N–H and O–H groups in total. The quantitative estimate of drug-likeness (QED) is 0.273. The molecular formula is C13H24O5S. The van der Waals surface area contributed by atoms with E-state index in [1.54, 1.807) is 0 Å². The van der Waals surface area contributed by atoms with Crippen molar-refractivity contribution in [2.75, 3.05) is 5.75 Å². The maximum atomic E-state index is 10.6. The van der Waals surface area contributed by atoms with Crippen LogP contribution in [-0.2, 0) is 9.59 Å². The second-order valence-electron chi connectivity index (χ2n) is 4.68. The van der Waals surface area contributed by atoms with Crippen molar-refractivity contribution in [3.8, 4) is 0 Å². The number of unbranched alkanes of at least 4 members (excludes halogenated alkanes) is 7. The first-order chi connectivity index (χ1) is 9.09. The Labute approximate surface area is 118 Å². The molecule has 0 saturated carbocycles. The summed E-state index contributed by atoms with van der Waals surface area (Å²) in [5.74, 6) is -2.94. The van der Waals surface area contributed by atoms with Crippen LogP contribution in [0.25, 0.3) is 0 Å². The van der Waals surface area contributed by atoms with Crippen LogP contribution in [0.2, 0.25) is 0 Å². The van der Waals surface area contributed by atoms with Crippen molar-refractivity contribution in [2.45, 2.75) is 57.8 Å². The lowest BCUT2D eigenvalue weighted by atomic mass is 10.0. The number of carbonyl (C=O) groups is 2. The first-order valence-electron chi connectivity index (χ1n) is 6.81. The second-order valence-corrected chi connectivity index (χ2v) is 5.35. The average Bonchev–Trinajstić information content (AvgIpc) is 2.35. The average molecular weight is 292 g/mol. The van der Waals surface area contributed by atoms with Gasteiger partial charge in [0.15, 0.2) is 5.92 Å². The summed E-state index contributed by atoms with van der Waals surface area (Å²) >= 11 is 0.888. The van der Waals surface area contributed by atoms with Crippen LogP contribution in [0.4, 0.5) is 0 Å². The smallest absolute Gasteiger partial charge is 0.317 e. The molecule has 0 fully saturated rings. The van der Waals surface area contributed by atoms with Gasteiger partial charge >= 0.3 is 11.9 Å². The van der Waals surface area contributed by atoms with Gasteiger partial charge in [0, 0.05) is 5.75 Å². The lowest BCUT2D eigenvalue weighted by molar-refractivity contribution is -0.154. The third kappa shape index (κ3) is 10.8. The van der Waals surface area contributed by atoms with Crippen LogP contribution in [-0.4, -0.2) is 32.5 Å². The van der Waals surface area contributed by atoms with E-state index in [4.69, 9.17) is 14.8 Å². The minimum Gasteiger partial charge on any atom is -0.481 e. The van der Waals surface area contributed by atoms with Crippen LogP contribution in [0, 0.1) is 5.92 Å². The van der Waals surface area contributed by atoms with Crippen LogP contribution in [0.3, 0.4) is 0 Å². The Hall–Kier alpha value is -0.750.